The summed E-state index contributed by atoms with van der Waals surface area (Å²) in [7, 11) is 3.00. The monoisotopic (exact) mass is 434 g/mol. The van der Waals surface area contributed by atoms with Gasteiger partial charge in [0.1, 0.15) is 5.75 Å². The fraction of sp³-hybridized carbons (Fsp3) is 0.440. The molecular formula is C25H26N2O5. The van der Waals surface area contributed by atoms with Gasteiger partial charge in [0, 0.05) is 25.6 Å². The van der Waals surface area contributed by atoms with E-state index in [0.717, 1.165) is 5.57 Å². The SMILES string of the molecule is C=CCc1cccc([C@H]2C3=CC[C@@H]4C(=O)N(C)C(=O)[C@@H]4[C@@H]3C[C@H]3C(=O)N(C)C(=O)[C@@H]23)c1O. The first-order valence-electron chi connectivity index (χ1n) is 11.0. The smallest absolute Gasteiger partial charge is 0.233 e. The molecule has 2 heterocycles. The second-order valence-corrected chi connectivity index (χ2v) is 9.34. The minimum atomic E-state index is -0.624. The molecule has 7 nitrogen and oxygen atoms in total. The number of aromatic hydroxyl groups is 1. The Morgan fingerprint density at radius 1 is 0.969 bits per heavy atom. The Balaban J connectivity index is 1.68. The summed E-state index contributed by atoms with van der Waals surface area (Å²) in [5.41, 5.74) is 2.18. The molecule has 2 saturated heterocycles. The highest BCUT2D eigenvalue weighted by Gasteiger charge is 2.61. The largest absolute Gasteiger partial charge is 0.507 e. The predicted octanol–water partition coefficient (Wildman–Crippen LogP) is 2.02. The molecule has 2 aliphatic carbocycles. The lowest BCUT2D eigenvalue weighted by Crippen LogP contribution is -2.43. The number of rotatable bonds is 3. The number of allylic oxidation sites excluding steroid dienone is 3. The van der Waals surface area contributed by atoms with Gasteiger partial charge < -0.3 is 5.11 Å². The average molecular weight is 434 g/mol. The van der Waals surface area contributed by atoms with E-state index in [0.29, 0.717) is 30.4 Å². The van der Waals surface area contributed by atoms with Gasteiger partial charge in [0.05, 0.1) is 23.7 Å². The van der Waals surface area contributed by atoms with Crippen molar-refractivity contribution in [2.24, 2.45) is 29.6 Å². The highest BCUT2D eigenvalue weighted by molar-refractivity contribution is 6.07. The van der Waals surface area contributed by atoms with Crippen LogP contribution in [-0.2, 0) is 25.6 Å². The molecule has 1 aromatic carbocycles. The molecule has 0 aromatic heterocycles. The number of carbonyl (C=O) groups is 4. The zero-order chi connectivity index (χ0) is 22.9. The van der Waals surface area contributed by atoms with Crippen LogP contribution in [0.4, 0.5) is 0 Å². The van der Waals surface area contributed by atoms with Crippen molar-refractivity contribution in [2.45, 2.75) is 25.2 Å². The molecule has 166 valence electrons. The summed E-state index contributed by atoms with van der Waals surface area (Å²) in [5.74, 6) is -3.79. The Morgan fingerprint density at radius 3 is 2.31 bits per heavy atom. The molecule has 5 rings (SSSR count). The summed E-state index contributed by atoms with van der Waals surface area (Å²) < 4.78 is 0. The van der Waals surface area contributed by atoms with Gasteiger partial charge in [-0.3, -0.25) is 29.0 Å². The van der Waals surface area contributed by atoms with Gasteiger partial charge in [-0.1, -0.05) is 35.9 Å². The van der Waals surface area contributed by atoms with E-state index in [4.69, 9.17) is 0 Å². The van der Waals surface area contributed by atoms with Crippen molar-refractivity contribution < 1.29 is 24.3 Å². The molecule has 4 aliphatic rings. The van der Waals surface area contributed by atoms with Crippen molar-refractivity contribution in [3.63, 3.8) is 0 Å². The van der Waals surface area contributed by atoms with Crippen LogP contribution in [0.25, 0.3) is 0 Å². The number of carbonyl (C=O) groups excluding carboxylic acids is 4. The van der Waals surface area contributed by atoms with Crippen LogP contribution in [0, 0.1) is 29.6 Å². The van der Waals surface area contributed by atoms with Gasteiger partial charge in [-0.25, -0.2) is 0 Å². The van der Waals surface area contributed by atoms with Crippen LogP contribution >= 0.6 is 0 Å². The summed E-state index contributed by atoms with van der Waals surface area (Å²) in [6, 6.07) is 5.44. The zero-order valence-electron chi connectivity index (χ0n) is 18.2. The van der Waals surface area contributed by atoms with Gasteiger partial charge in [-0.05, 0) is 30.7 Å². The lowest BCUT2D eigenvalue weighted by atomic mass is 9.57. The third-order valence-corrected chi connectivity index (χ3v) is 7.94. The molecule has 32 heavy (non-hydrogen) atoms. The lowest BCUT2D eigenvalue weighted by molar-refractivity contribution is -0.140. The molecule has 7 heteroatoms. The topological polar surface area (TPSA) is 95.0 Å². The van der Waals surface area contributed by atoms with Crippen molar-refractivity contribution in [1.82, 2.24) is 9.80 Å². The number of phenols is 1. The summed E-state index contributed by atoms with van der Waals surface area (Å²) in [5, 5.41) is 11.1. The minimum absolute atomic E-state index is 0.0977. The maximum atomic E-state index is 13.2. The summed E-state index contributed by atoms with van der Waals surface area (Å²) in [6.45, 7) is 3.75. The third-order valence-electron chi connectivity index (χ3n) is 7.94. The Kier molecular flexibility index (Phi) is 4.62. The molecule has 1 aromatic rings. The van der Waals surface area contributed by atoms with Crippen molar-refractivity contribution in [3.8, 4) is 5.75 Å². The number of imide groups is 2. The van der Waals surface area contributed by atoms with Crippen LogP contribution in [0.15, 0.2) is 42.5 Å². The van der Waals surface area contributed by atoms with Gasteiger partial charge >= 0.3 is 0 Å². The number of amides is 4. The Hall–Kier alpha value is -3.22. The second kappa shape index (κ2) is 7.15. The number of hydrogen-bond donors (Lipinski definition) is 1. The van der Waals surface area contributed by atoms with E-state index in [1.165, 1.54) is 23.9 Å². The van der Waals surface area contributed by atoms with E-state index in [2.05, 4.69) is 6.58 Å². The molecule has 2 aliphatic heterocycles. The van der Waals surface area contributed by atoms with E-state index < -0.39 is 29.6 Å². The van der Waals surface area contributed by atoms with E-state index >= 15 is 0 Å². The van der Waals surface area contributed by atoms with Gasteiger partial charge in [0.25, 0.3) is 0 Å². The average Bonchev–Trinajstić information content (AvgIpc) is 3.14. The molecule has 0 spiro atoms. The molecule has 1 N–H and O–H groups in total. The van der Waals surface area contributed by atoms with Crippen LogP contribution in [-0.4, -0.2) is 52.6 Å². The van der Waals surface area contributed by atoms with Crippen molar-refractivity contribution in [2.75, 3.05) is 14.1 Å². The van der Waals surface area contributed by atoms with Gasteiger partial charge in [0.2, 0.25) is 23.6 Å². The first-order valence-corrected chi connectivity index (χ1v) is 11.0. The zero-order valence-corrected chi connectivity index (χ0v) is 18.2. The summed E-state index contributed by atoms with van der Waals surface area (Å²) >= 11 is 0. The molecular weight excluding hydrogens is 408 g/mol. The first-order chi connectivity index (χ1) is 15.3. The number of phenolic OH excluding ortho intramolecular Hbond substituents is 1. The number of likely N-dealkylation sites (tertiary alicyclic amines) is 2. The van der Waals surface area contributed by atoms with Crippen molar-refractivity contribution in [3.05, 3.63) is 53.6 Å². The van der Waals surface area contributed by atoms with Crippen LogP contribution in [0.5, 0.6) is 5.75 Å². The Morgan fingerprint density at radius 2 is 1.62 bits per heavy atom. The van der Waals surface area contributed by atoms with E-state index in [9.17, 15) is 24.3 Å². The van der Waals surface area contributed by atoms with Crippen molar-refractivity contribution in [1.29, 1.82) is 0 Å². The highest BCUT2D eigenvalue weighted by atomic mass is 16.3. The Labute approximate surface area is 186 Å². The molecule has 3 fully saturated rings. The van der Waals surface area contributed by atoms with Crippen LogP contribution in [0.2, 0.25) is 0 Å². The van der Waals surface area contributed by atoms with Gasteiger partial charge in [-0.15, -0.1) is 6.58 Å². The van der Waals surface area contributed by atoms with Crippen LogP contribution in [0.3, 0.4) is 0 Å². The molecule has 6 atom stereocenters. The number of benzene rings is 1. The number of fused-ring (bicyclic) bond motifs is 4. The fourth-order valence-electron chi connectivity index (χ4n) is 6.43. The van der Waals surface area contributed by atoms with Crippen molar-refractivity contribution >= 4 is 23.6 Å². The minimum Gasteiger partial charge on any atom is -0.507 e. The second-order valence-electron chi connectivity index (χ2n) is 9.34. The Bertz CT molecular complexity index is 1110. The van der Waals surface area contributed by atoms with E-state index in [1.807, 2.05) is 18.2 Å². The predicted molar refractivity (Wildman–Crippen MR) is 115 cm³/mol. The summed E-state index contributed by atoms with van der Waals surface area (Å²) in [4.78, 5) is 54.2. The highest BCUT2D eigenvalue weighted by Crippen LogP contribution is 2.58. The van der Waals surface area contributed by atoms with Gasteiger partial charge in [-0.2, -0.15) is 0 Å². The standard InChI is InChI=1S/C25H26N2O5/c1-4-6-12-7-5-8-14(21(12)28)18-13-9-10-15-19(24(31)26(2)22(15)29)16(13)11-17-20(18)25(32)27(3)23(17)30/h4-5,7-9,15-20,28H,1,6,10-11H2,2-3H3/t15-,16+,17+,18+,19-,20+/m0/s1. The van der Waals surface area contributed by atoms with Crippen LogP contribution < -0.4 is 0 Å². The molecule has 1 saturated carbocycles. The lowest BCUT2D eigenvalue weighted by Gasteiger charge is -2.44. The maximum Gasteiger partial charge on any atom is 0.233 e. The number of para-hydroxylation sites is 1. The molecule has 0 bridgehead atoms. The van der Waals surface area contributed by atoms with E-state index in [1.54, 1.807) is 12.1 Å². The quantitative estimate of drug-likeness (QED) is 0.580. The molecule has 0 radical (unpaired) electrons. The fourth-order valence-corrected chi connectivity index (χ4v) is 6.43. The molecule has 0 unspecified atom stereocenters. The summed E-state index contributed by atoms with van der Waals surface area (Å²) in [6.07, 6.45) is 4.94. The number of nitrogens with zero attached hydrogens (tertiary/aromatic N) is 2. The van der Waals surface area contributed by atoms with Gasteiger partial charge in [0.15, 0.2) is 0 Å². The molecule has 4 amide bonds. The van der Waals surface area contributed by atoms with Crippen LogP contribution in [0.1, 0.15) is 29.9 Å². The maximum absolute atomic E-state index is 13.2. The normalized spacial score (nSPS) is 33.8. The van der Waals surface area contributed by atoms with E-state index in [-0.39, 0.29) is 35.3 Å². The third kappa shape index (κ3) is 2.60. The number of hydrogen-bond acceptors (Lipinski definition) is 5. The first kappa shape index (κ1) is 20.7.